The molecule has 0 aliphatic carbocycles. The molecule has 0 aromatic carbocycles. The molecule has 0 saturated carbocycles. The molecule has 0 amide bonds. The first-order valence-electron chi connectivity index (χ1n) is 4.19. The molecular formula is C9H7BrF2INO2. The third-order valence-corrected chi connectivity index (χ3v) is 3.24. The van der Waals surface area contributed by atoms with Crippen molar-refractivity contribution in [2.75, 3.05) is 0 Å². The maximum Gasteiger partial charge on any atom is 0.307 e. The van der Waals surface area contributed by atoms with Gasteiger partial charge < -0.3 is 5.11 Å². The number of nitrogens with zero attached hydrogens (tertiary/aromatic N) is 1. The highest BCUT2D eigenvalue weighted by Crippen LogP contribution is 2.28. The van der Waals surface area contributed by atoms with E-state index in [1.165, 1.54) is 6.07 Å². The van der Waals surface area contributed by atoms with Gasteiger partial charge in [-0.25, -0.2) is 13.8 Å². The molecule has 1 aromatic rings. The van der Waals surface area contributed by atoms with E-state index < -0.39 is 18.8 Å². The fourth-order valence-corrected chi connectivity index (χ4v) is 2.42. The maximum absolute atomic E-state index is 12.7. The summed E-state index contributed by atoms with van der Waals surface area (Å²) in [7, 11) is 0. The molecule has 0 unspecified atom stereocenters. The molecule has 0 radical (unpaired) electrons. The summed E-state index contributed by atoms with van der Waals surface area (Å²) in [4.78, 5) is 14.5. The lowest BCUT2D eigenvalue weighted by Gasteiger charge is -2.10. The van der Waals surface area contributed by atoms with Crippen LogP contribution in [0.5, 0.6) is 0 Å². The molecule has 0 fully saturated rings. The Hall–Kier alpha value is -0.310. The van der Waals surface area contributed by atoms with Gasteiger partial charge in [-0.2, -0.15) is 0 Å². The fraction of sp³-hybridized carbons (Fsp3) is 0.333. The van der Waals surface area contributed by atoms with E-state index in [1.807, 2.05) is 0 Å². The smallest absolute Gasteiger partial charge is 0.307 e. The zero-order chi connectivity index (χ0) is 12.3. The summed E-state index contributed by atoms with van der Waals surface area (Å²) in [6.07, 6.45) is -3.13. The highest BCUT2D eigenvalue weighted by atomic mass is 127. The summed E-state index contributed by atoms with van der Waals surface area (Å²) in [5, 5.41) is 9.05. The van der Waals surface area contributed by atoms with Crippen LogP contribution in [0, 0.1) is 3.70 Å². The molecule has 1 rings (SSSR count). The first-order chi connectivity index (χ1) is 7.45. The number of aromatic nitrogens is 1. The second-order valence-electron chi connectivity index (χ2n) is 2.98. The highest BCUT2D eigenvalue weighted by molar-refractivity contribution is 14.1. The van der Waals surface area contributed by atoms with Crippen LogP contribution in [0.2, 0.25) is 0 Å². The van der Waals surface area contributed by atoms with Crippen LogP contribution >= 0.6 is 38.5 Å². The van der Waals surface area contributed by atoms with Crippen molar-refractivity contribution in [3.8, 4) is 0 Å². The Kier molecular flexibility index (Phi) is 5.03. The largest absolute Gasteiger partial charge is 0.481 e. The number of hydrogen-bond donors (Lipinski definition) is 1. The summed E-state index contributed by atoms with van der Waals surface area (Å²) >= 11 is 4.84. The molecule has 7 heteroatoms. The first kappa shape index (κ1) is 13.8. The van der Waals surface area contributed by atoms with E-state index in [2.05, 4.69) is 20.9 Å². The lowest BCUT2D eigenvalue weighted by molar-refractivity contribution is -0.136. The van der Waals surface area contributed by atoms with Crippen molar-refractivity contribution in [2.24, 2.45) is 0 Å². The lowest BCUT2D eigenvalue weighted by Crippen LogP contribution is -2.08. The number of alkyl halides is 3. The van der Waals surface area contributed by atoms with Gasteiger partial charge in [-0.1, -0.05) is 15.9 Å². The van der Waals surface area contributed by atoms with Crippen LogP contribution in [0.4, 0.5) is 8.78 Å². The molecule has 0 aliphatic heterocycles. The van der Waals surface area contributed by atoms with Gasteiger partial charge in [0.05, 0.1) is 17.7 Å². The predicted octanol–water partition coefficient (Wildman–Crippen LogP) is 3.15. The van der Waals surface area contributed by atoms with E-state index in [-0.39, 0.29) is 14.8 Å². The molecule has 1 heterocycles. The zero-order valence-corrected chi connectivity index (χ0v) is 11.6. The Labute approximate surface area is 113 Å². The van der Waals surface area contributed by atoms with E-state index in [0.29, 0.717) is 11.0 Å². The van der Waals surface area contributed by atoms with E-state index in [1.54, 1.807) is 22.6 Å². The van der Waals surface area contributed by atoms with Gasteiger partial charge in [-0.05, 0) is 34.2 Å². The van der Waals surface area contributed by atoms with Gasteiger partial charge in [-0.15, -0.1) is 0 Å². The number of pyridine rings is 1. The van der Waals surface area contributed by atoms with Crippen LogP contribution in [-0.4, -0.2) is 16.1 Å². The van der Waals surface area contributed by atoms with E-state index in [4.69, 9.17) is 5.11 Å². The van der Waals surface area contributed by atoms with Crippen LogP contribution in [0.15, 0.2) is 6.07 Å². The Morgan fingerprint density at radius 1 is 1.62 bits per heavy atom. The summed E-state index contributed by atoms with van der Waals surface area (Å²) in [5.74, 6) is -1.13. The number of carboxylic acid groups (broad SMARTS) is 1. The van der Waals surface area contributed by atoms with E-state index in [0.717, 1.165) is 0 Å². The predicted molar refractivity (Wildman–Crippen MR) is 65.9 cm³/mol. The standard InChI is InChI=1S/C9H7BrF2INO2/c10-3-5-1-4(2-6(15)16)7(8(11)12)9(13)14-5/h1,8H,2-3H2,(H,15,16). The van der Waals surface area contributed by atoms with Crippen LogP contribution < -0.4 is 0 Å². The Balaban J connectivity index is 3.28. The number of rotatable bonds is 4. The molecule has 0 bridgehead atoms. The van der Waals surface area contributed by atoms with Crippen LogP contribution in [0.1, 0.15) is 23.2 Å². The van der Waals surface area contributed by atoms with Crippen molar-refractivity contribution in [2.45, 2.75) is 18.2 Å². The zero-order valence-electron chi connectivity index (χ0n) is 7.88. The number of hydrogen-bond acceptors (Lipinski definition) is 2. The normalized spacial score (nSPS) is 10.8. The van der Waals surface area contributed by atoms with E-state index in [9.17, 15) is 13.6 Å². The fourth-order valence-electron chi connectivity index (χ4n) is 1.24. The SMILES string of the molecule is O=C(O)Cc1cc(CBr)nc(I)c1C(F)F. The lowest BCUT2D eigenvalue weighted by atomic mass is 10.1. The van der Waals surface area contributed by atoms with Gasteiger partial charge in [0.2, 0.25) is 0 Å². The molecule has 0 atom stereocenters. The number of carboxylic acids is 1. The minimum absolute atomic E-state index is 0.122. The van der Waals surface area contributed by atoms with Crippen LogP contribution in [0.25, 0.3) is 0 Å². The highest BCUT2D eigenvalue weighted by Gasteiger charge is 2.20. The van der Waals surface area contributed by atoms with Gasteiger partial charge >= 0.3 is 5.97 Å². The van der Waals surface area contributed by atoms with Crippen molar-refractivity contribution in [1.82, 2.24) is 4.98 Å². The Bertz CT molecular complexity index is 415. The molecule has 16 heavy (non-hydrogen) atoms. The number of halogens is 4. The van der Waals surface area contributed by atoms with Crippen LogP contribution in [0.3, 0.4) is 0 Å². The van der Waals surface area contributed by atoms with Crippen molar-refractivity contribution in [1.29, 1.82) is 0 Å². The third kappa shape index (κ3) is 3.34. The second kappa shape index (κ2) is 5.85. The van der Waals surface area contributed by atoms with Gasteiger partial charge in [0.1, 0.15) is 3.70 Å². The van der Waals surface area contributed by atoms with Gasteiger partial charge in [0.25, 0.3) is 6.43 Å². The molecular weight excluding hydrogens is 399 g/mol. The maximum atomic E-state index is 12.7. The Morgan fingerprint density at radius 2 is 2.25 bits per heavy atom. The van der Waals surface area contributed by atoms with Crippen molar-refractivity contribution >= 4 is 44.5 Å². The molecule has 0 spiro atoms. The van der Waals surface area contributed by atoms with Gasteiger partial charge in [-0.3, -0.25) is 4.79 Å². The molecule has 3 nitrogen and oxygen atoms in total. The first-order valence-corrected chi connectivity index (χ1v) is 6.39. The molecule has 0 aliphatic rings. The molecule has 1 aromatic heterocycles. The summed E-state index contributed by atoms with van der Waals surface area (Å²) in [5.41, 5.74) is 0.383. The van der Waals surface area contributed by atoms with E-state index >= 15 is 0 Å². The van der Waals surface area contributed by atoms with Gasteiger partial charge in [0, 0.05) is 5.33 Å². The average molecular weight is 406 g/mol. The number of aliphatic carboxylic acids is 1. The monoisotopic (exact) mass is 405 g/mol. The minimum atomic E-state index is -2.71. The van der Waals surface area contributed by atoms with Crippen molar-refractivity contribution in [3.63, 3.8) is 0 Å². The molecule has 0 saturated heterocycles. The van der Waals surface area contributed by atoms with Crippen molar-refractivity contribution in [3.05, 3.63) is 26.6 Å². The number of carbonyl (C=O) groups is 1. The van der Waals surface area contributed by atoms with Crippen molar-refractivity contribution < 1.29 is 18.7 Å². The topological polar surface area (TPSA) is 50.2 Å². The Morgan fingerprint density at radius 3 is 2.69 bits per heavy atom. The molecule has 88 valence electrons. The molecule has 1 N–H and O–H groups in total. The second-order valence-corrected chi connectivity index (χ2v) is 4.56. The summed E-state index contributed by atoms with van der Waals surface area (Å²) < 4.78 is 25.6. The average Bonchev–Trinajstić information content (AvgIpc) is 2.14. The third-order valence-electron chi connectivity index (χ3n) is 1.85. The van der Waals surface area contributed by atoms with Crippen LogP contribution in [-0.2, 0) is 16.5 Å². The summed E-state index contributed by atoms with van der Waals surface area (Å²) in [6.45, 7) is 0. The minimum Gasteiger partial charge on any atom is -0.481 e. The summed E-state index contributed by atoms with van der Waals surface area (Å²) in [6, 6.07) is 1.40. The quantitative estimate of drug-likeness (QED) is 0.475. The van der Waals surface area contributed by atoms with Gasteiger partial charge in [0.15, 0.2) is 0 Å².